The van der Waals surface area contributed by atoms with Crippen LogP contribution in [0.1, 0.15) is 0 Å². The minimum absolute atomic E-state index is 0.0641. The molecule has 3 heterocycles. The number of aromatic nitrogens is 4. The summed E-state index contributed by atoms with van der Waals surface area (Å²) in [5.74, 6) is 0.560. The lowest BCUT2D eigenvalue weighted by Crippen LogP contribution is -2.03. The van der Waals surface area contributed by atoms with Crippen LogP contribution in [0.2, 0.25) is 0 Å². The van der Waals surface area contributed by atoms with Crippen LogP contribution in [0.5, 0.6) is 0 Å². The van der Waals surface area contributed by atoms with E-state index in [1.807, 2.05) is 0 Å². The summed E-state index contributed by atoms with van der Waals surface area (Å²) in [5.41, 5.74) is 2.08. The predicted molar refractivity (Wildman–Crippen MR) is 59.9 cm³/mol. The maximum Gasteiger partial charge on any atom is 0.192 e. The highest BCUT2D eigenvalue weighted by Crippen LogP contribution is 2.15. The van der Waals surface area contributed by atoms with Crippen LogP contribution in [0.25, 0.3) is 22.4 Å². The standard InChI is InChI=1S/C11H8N4O/c16-10-2-4-12-5-7(10)11-14-8-1-3-13-6-9(8)15-11/h1-6H,(H,12,16)(H,14,15). The minimum atomic E-state index is -0.0641. The Morgan fingerprint density at radius 1 is 1.25 bits per heavy atom. The fraction of sp³-hybridized carbons (Fsp3) is 0. The zero-order valence-corrected chi connectivity index (χ0v) is 8.27. The van der Waals surface area contributed by atoms with Crippen molar-refractivity contribution in [1.29, 1.82) is 0 Å². The first-order chi connectivity index (χ1) is 7.84. The molecule has 0 amide bonds. The summed E-state index contributed by atoms with van der Waals surface area (Å²) in [7, 11) is 0. The van der Waals surface area contributed by atoms with Gasteiger partial charge in [-0.3, -0.25) is 9.78 Å². The third-order valence-electron chi connectivity index (χ3n) is 2.36. The molecule has 0 saturated heterocycles. The number of H-pyrrole nitrogens is 2. The molecule has 0 saturated carbocycles. The van der Waals surface area contributed by atoms with Crippen molar-refractivity contribution >= 4 is 11.0 Å². The number of nitrogens with zero attached hydrogens (tertiary/aromatic N) is 2. The second-order valence-electron chi connectivity index (χ2n) is 3.40. The highest BCUT2D eigenvalue weighted by atomic mass is 16.1. The Labute approximate surface area is 90.2 Å². The van der Waals surface area contributed by atoms with Gasteiger partial charge in [0.2, 0.25) is 0 Å². The lowest BCUT2D eigenvalue weighted by molar-refractivity contribution is 1.25. The summed E-state index contributed by atoms with van der Waals surface area (Å²) < 4.78 is 0. The number of hydrogen-bond donors (Lipinski definition) is 2. The van der Waals surface area contributed by atoms with E-state index in [2.05, 4.69) is 19.9 Å². The smallest absolute Gasteiger partial charge is 0.192 e. The van der Waals surface area contributed by atoms with Crippen LogP contribution in [0.15, 0.2) is 41.7 Å². The van der Waals surface area contributed by atoms with Crippen LogP contribution >= 0.6 is 0 Å². The third kappa shape index (κ3) is 1.30. The average Bonchev–Trinajstić information content (AvgIpc) is 2.73. The van der Waals surface area contributed by atoms with Gasteiger partial charge in [-0.1, -0.05) is 0 Å². The van der Waals surface area contributed by atoms with Crippen molar-refractivity contribution in [3.63, 3.8) is 0 Å². The number of aromatic amines is 2. The van der Waals surface area contributed by atoms with Crippen LogP contribution in [-0.2, 0) is 0 Å². The molecule has 0 radical (unpaired) electrons. The molecular weight excluding hydrogens is 204 g/mol. The fourth-order valence-corrected chi connectivity index (χ4v) is 1.59. The van der Waals surface area contributed by atoms with Gasteiger partial charge >= 0.3 is 0 Å². The number of imidazole rings is 1. The van der Waals surface area contributed by atoms with Gasteiger partial charge in [-0.2, -0.15) is 0 Å². The molecule has 3 rings (SSSR count). The molecule has 0 aliphatic rings. The first-order valence-electron chi connectivity index (χ1n) is 4.82. The topological polar surface area (TPSA) is 74.4 Å². The molecule has 5 nitrogen and oxygen atoms in total. The molecule has 16 heavy (non-hydrogen) atoms. The maximum absolute atomic E-state index is 11.6. The molecule has 5 heteroatoms. The zero-order chi connectivity index (χ0) is 11.0. The quantitative estimate of drug-likeness (QED) is 0.638. The first-order valence-corrected chi connectivity index (χ1v) is 4.82. The summed E-state index contributed by atoms with van der Waals surface area (Å²) in [6.45, 7) is 0. The molecule has 3 aromatic heterocycles. The molecule has 0 unspecified atom stereocenters. The SMILES string of the molecule is O=c1cc[nH]cc1-c1nc2ccncc2[nH]1. The Balaban J connectivity index is 2.27. The van der Waals surface area contributed by atoms with Crippen molar-refractivity contribution in [3.8, 4) is 11.4 Å². The van der Waals surface area contributed by atoms with E-state index in [9.17, 15) is 4.79 Å². The van der Waals surface area contributed by atoms with Crippen molar-refractivity contribution in [2.24, 2.45) is 0 Å². The highest BCUT2D eigenvalue weighted by Gasteiger charge is 2.07. The van der Waals surface area contributed by atoms with Gasteiger partial charge in [0.25, 0.3) is 0 Å². The minimum Gasteiger partial charge on any atom is -0.367 e. The second-order valence-corrected chi connectivity index (χ2v) is 3.40. The first kappa shape index (κ1) is 8.84. The van der Waals surface area contributed by atoms with Gasteiger partial charge in [-0.05, 0) is 6.07 Å². The summed E-state index contributed by atoms with van der Waals surface area (Å²) in [6, 6.07) is 3.27. The Hall–Kier alpha value is -2.43. The van der Waals surface area contributed by atoms with Crippen LogP contribution in [0.3, 0.4) is 0 Å². The number of pyridine rings is 2. The van der Waals surface area contributed by atoms with E-state index in [1.54, 1.807) is 30.9 Å². The summed E-state index contributed by atoms with van der Waals surface area (Å²) in [6.07, 6.45) is 6.58. The van der Waals surface area contributed by atoms with E-state index in [-0.39, 0.29) is 5.43 Å². The van der Waals surface area contributed by atoms with E-state index < -0.39 is 0 Å². The van der Waals surface area contributed by atoms with Gasteiger partial charge in [0.1, 0.15) is 5.82 Å². The van der Waals surface area contributed by atoms with E-state index in [1.165, 1.54) is 6.07 Å². The molecule has 3 aromatic rings. The molecule has 0 spiro atoms. The number of fused-ring (bicyclic) bond motifs is 1. The average molecular weight is 212 g/mol. The number of hydrogen-bond acceptors (Lipinski definition) is 3. The van der Waals surface area contributed by atoms with Crippen molar-refractivity contribution in [2.75, 3.05) is 0 Å². The predicted octanol–water partition coefficient (Wildman–Crippen LogP) is 1.31. The lowest BCUT2D eigenvalue weighted by Gasteiger charge is -1.92. The molecule has 0 bridgehead atoms. The van der Waals surface area contributed by atoms with Crippen LogP contribution < -0.4 is 5.43 Å². The van der Waals surface area contributed by atoms with Gasteiger partial charge in [0.15, 0.2) is 5.43 Å². The number of nitrogens with one attached hydrogen (secondary N) is 2. The van der Waals surface area contributed by atoms with Crippen LogP contribution in [0, 0.1) is 0 Å². The monoisotopic (exact) mass is 212 g/mol. The van der Waals surface area contributed by atoms with Gasteiger partial charge in [0.05, 0.1) is 22.8 Å². The molecule has 0 aromatic carbocycles. The highest BCUT2D eigenvalue weighted by molar-refractivity contribution is 5.77. The molecule has 0 atom stereocenters. The maximum atomic E-state index is 11.6. The Morgan fingerprint density at radius 3 is 3.00 bits per heavy atom. The molecule has 78 valence electrons. The van der Waals surface area contributed by atoms with E-state index >= 15 is 0 Å². The van der Waals surface area contributed by atoms with Gasteiger partial charge < -0.3 is 9.97 Å². The second kappa shape index (κ2) is 3.30. The van der Waals surface area contributed by atoms with Crippen molar-refractivity contribution in [1.82, 2.24) is 19.9 Å². The van der Waals surface area contributed by atoms with Gasteiger partial charge in [-0.25, -0.2) is 4.98 Å². The number of rotatable bonds is 1. The molecule has 2 N–H and O–H groups in total. The van der Waals surface area contributed by atoms with E-state index in [4.69, 9.17) is 0 Å². The Bertz CT molecular complexity index is 665. The molecule has 0 aliphatic carbocycles. The van der Waals surface area contributed by atoms with Crippen LogP contribution in [-0.4, -0.2) is 19.9 Å². The fourth-order valence-electron chi connectivity index (χ4n) is 1.59. The Morgan fingerprint density at radius 2 is 2.19 bits per heavy atom. The van der Waals surface area contributed by atoms with E-state index in [0.29, 0.717) is 11.4 Å². The summed E-state index contributed by atoms with van der Waals surface area (Å²) in [5, 5.41) is 0. The normalized spacial score (nSPS) is 10.8. The van der Waals surface area contributed by atoms with Crippen molar-refractivity contribution in [3.05, 3.63) is 47.1 Å². The van der Waals surface area contributed by atoms with Gasteiger partial charge in [0, 0.05) is 24.7 Å². The van der Waals surface area contributed by atoms with Crippen LogP contribution in [0.4, 0.5) is 0 Å². The summed E-state index contributed by atoms with van der Waals surface area (Å²) in [4.78, 5) is 25.8. The Kier molecular flexibility index (Phi) is 1.83. The summed E-state index contributed by atoms with van der Waals surface area (Å²) >= 11 is 0. The van der Waals surface area contributed by atoms with Crippen molar-refractivity contribution in [2.45, 2.75) is 0 Å². The molecule has 0 fully saturated rings. The molecule has 0 aliphatic heterocycles. The lowest BCUT2D eigenvalue weighted by atomic mass is 10.2. The van der Waals surface area contributed by atoms with Crippen molar-refractivity contribution < 1.29 is 0 Å². The van der Waals surface area contributed by atoms with Gasteiger partial charge in [-0.15, -0.1) is 0 Å². The van der Waals surface area contributed by atoms with E-state index in [0.717, 1.165) is 11.0 Å². The largest absolute Gasteiger partial charge is 0.367 e. The third-order valence-corrected chi connectivity index (χ3v) is 2.36. The zero-order valence-electron chi connectivity index (χ0n) is 8.27. The molecular formula is C11H8N4O.